The summed E-state index contributed by atoms with van der Waals surface area (Å²) < 4.78 is 4.94. The molecular weight excluding hydrogens is 222 g/mol. The third kappa shape index (κ3) is 3.65. The number of amides is 1. The molecular formula is C10H17N5O2. The molecule has 0 unspecified atom stereocenters. The monoisotopic (exact) mass is 239 g/mol. The first-order valence-corrected chi connectivity index (χ1v) is 5.29. The Labute approximate surface area is 100.0 Å². The van der Waals surface area contributed by atoms with Gasteiger partial charge in [-0.05, 0) is 6.92 Å². The van der Waals surface area contributed by atoms with Gasteiger partial charge in [-0.25, -0.2) is 10.8 Å². The van der Waals surface area contributed by atoms with Gasteiger partial charge in [0.15, 0.2) is 5.82 Å². The average molecular weight is 239 g/mol. The molecule has 0 aliphatic heterocycles. The molecule has 0 aliphatic carbocycles. The van der Waals surface area contributed by atoms with Crippen molar-refractivity contribution in [2.75, 3.05) is 32.2 Å². The van der Waals surface area contributed by atoms with Crippen molar-refractivity contribution in [3.8, 4) is 0 Å². The quantitative estimate of drug-likeness (QED) is 0.530. The summed E-state index contributed by atoms with van der Waals surface area (Å²) in [6.07, 6.45) is 2.86. The van der Waals surface area contributed by atoms with Gasteiger partial charge in [-0.3, -0.25) is 9.78 Å². The number of hydrogen-bond acceptors (Lipinski definition) is 6. The number of ether oxygens (including phenoxy) is 1. The highest BCUT2D eigenvalue weighted by molar-refractivity contribution is 5.92. The molecule has 1 heterocycles. The van der Waals surface area contributed by atoms with Gasteiger partial charge in [-0.1, -0.05) is 0 Å². The first-order chi connectivity index (χ1) is 8.22. The zero-order chi connectivity index (χ0) is 12.7. The molecule has 0 fully saturated rings. The molecule has 0 radical (unpaired) electrons. The molecule has 0 saturated heterocycles. The summed E-state index contributed by atoms with van der Waals surface area (Å²) in [4.78, 5) is 21.6. The second-order valence-corrected chi connectivity index (χ2v) is 3.31. The standard InChI is InChI=1S/C10H17N5O2/c1-3-15(4-5-17-2)10(16)8-6-12-7-9(13-8)14-11/h6-7H,3-5,11H2,1-2H3,(H,13,14). The number of hydrazine groups is 1. The lowest BCUT2D eigenvalue weighted by molar-refractivity contribution is 0.0700. The summed E-state index contributed by atoms with van der Waals surface area (Å²) in [5, 5.41) is 0. The second kappa shape index (κ2) is 6.77. The molecule has 7 nitrogen and oxygen atoms in total. The Morgan fingerprint density at radius 3 is 2.94 bits per heavy atom. The van der Waals surface area contributed by atoms with Gasteiger partial charge in [0.05, 0.1) is 19.0 Å². The molecule has 7 heteroatoms. The molecule has 1 aromatic rings. The fourth-order valence-electron chi connectivity index (χ4n) is 1.31. The number of anilines is 1. The van der Waals surface area contributed by atoms with Gasteiger partial charge in [0.1, 0.15) is 5.69 Å². The van der Waals surface area contributed by atoms with E-state index in [4.69, 9.17) is 10.6 Å². The van der Waals surface area contributed by atoms with Gasteiger partial charge in [0.2, 0.25) is 0 Å². The van der Waals surface area contributed by atoms with E-state index in [1.54, 1.807) is 12.0 Å². The summed E-state index contributed by atoms with van der Waals surface area (Å²) in [5.74, 6) is 5.38. The minimum atomic E-state index is -0.186. The van der Waals surface area contributed by atoms with Crippen LogP contribution in [-0.2, 0) is 4.74 Å². The molecule has 94 valence electrons. The zero-order valence-corrected chi connectivity index (χ0v) is 10.0. The highest BCUT2D eigenvalue weighted by atomic mass is 16.5. The summed E-state index contributed by atoms with van der Waals surface area (Å²) in [6, 6.07) is 0. The third-order valence-electron chi connectivity index (χ3n) is 2.24. The normalized spacial score (nSPS) is 10.1. The smallest absolute Gasteiger partial charge is 0.274 e. The van der Waals surface area contributed by atoms with Crippen molar-refractivity contribution in [1.29, 1.82) is 0 Å². The highest BCUT2D eigenvalue weighted by Crippen LogP contribution is 2.04. The van der Waals surface area contributed by atoms with Crippen LogP contribution in [-0.4, -0.2) is 47.6 Å². The van der Waals surface area contributed by atoms with Crippen molar-refractivity contribution >= 4 is 11.7 Å². The van der Waals surface area contributed by atoms with Gasteiger partial charge in [0.25, 0.3) is 5.91 Å². The molecule has 1 amide bonds. The first kappa shape index (κ1) is 13.3. The minimum Gasteiger partial charge on any atom is -0.383 e. The fraction of sp³-hybridized carbons (Fsp3) is 0.500. The molecule has 0 spiro atoms. The van der Waals surface area contributed by atoms with E-state index < -0.39 is 0 Å². The van der Waals surface area contributed by atoms with Crippen LogP contribution in [0.1, 0.15) is 17.4 Å². The van der Waals surface area contributed by atoms with Crippen molar-refractivity contribution in [1.82, 2.24) is 14.9 Å². The number of nitrogens with two attached hydrogens (primary N) is 1. The van der Waals surface area contributed by atoms with Crippen LogP contribution in [0.3, 0.4) is 0 Å². The van der Waals surface area contributed by atoms with Crippen molar-refractivity contribution in [3.63, 3.8) is 0 Å². The van der Waals surface area contributed by atoms with E-state index in [0.717, 1.165) is 0 Å². The lowest BCUT2D eigenvalue weighted by Gasteiger charge is -2.19. The number of nitrogen functional groups attached to an aromatic ring is 1. The SMILES string of the molecule is CCN(CCOC)C(=O)c1cncc(NN)n1. The Kier molecular flexibility index (Phi) is 5.31. The van der Waals surface area contributed by atoms with Crippen LogP contribution in [0.25, 0.3) is 0 Å². The van der Waals surface area contributed by atoms with Crippen molar-refractivity contribution in [3.05, 3.63) is 18.1 Å². The van der Waals surface area contributed by atoms with E-state index in [-0.39, 0.29) is 11.6 Å². The molecule has 0 saturated carbocycles. The van der Waals surface area contributed by atoms with Gasteiger partial charge < -0.3 is 15.1 Å². The Balaban J connectivity index is 2.78. The van der Waals surface area contributed by atoms with E-state index in [0.29, 0.717) is 25.5 Å². The number of carbonyl (C=O) groups excluding carboxylic acids is 1. The Bertz CT molecular complexity index is 371. The summed E-state index contributed by atoms with van der Waals surface area (Å²) in [6.45, 7) is 3.49. The van der Waals surface area contributed by atoms with Gasteiger partial charge >= 0.3 is 0 Å². The molecule has 3 N–H and O–H groups in total. The molecule has 0 aromatic carbocycles. The van der Waals surface area contributed by atoms with Gasteiger partial charge in [-0.2, -0.15) is 0 Å². The van der Waals surface area contributed by atoms with E-state index in [1.165, 1.54) is 12.4 Å². The number of rotatable bonds is 6. The van der Waals surface area contributed by atoms with Crippen LogP contribution in [0.2, 0.25) is 0 Å². The van der Waals surface area contributed by atoms with Crippen LogP contribution >= 0.6 is 0 Å². The van der Waals surface area contributed by atoms with Crippen LogP contribution < -0.4 is 11.3 Å². The summed E-state index contributed by atoms with van der Waals surface area (Å²) >= 11 is 0. The lowest BCUT2D eigenvalue weighted by atomic mass is 10.3. The molecule has 0 aliphatic rings. The van der Waals surface area contributed by atoms with Gasteiger partial charge in [0, 0.05) is 20.2 Å². The first-order valence-electron chi connectivity index (χ1n) is 5.29. The van der Waals surface area contributed by atoms with Crippen LogP contribution in [0.4, 0.5) is 5.82 Å². The zero-order valence-electron chi connectivity index (χ0n) is 10.0. The minimum absolute atomic E-state index is 0.186. The largest absolute Gasteiger partial charge is 0.383 e. The van der Waals surface area contributed by atoms with Crippen molar-refractivity contribution in [2.24, 2.45) is 5.84 Å². The van der Waals surface area contributed by atoms with Crippen molar-refractivity contribution in [2.45, 2.75) is 6.92 Å². The van der Waals surface area contributed by atoms with Crippen LogP contribution in [0.15, 0.2) is 12.4 Å². The van der Waals surface area contributed by atoms with E-state index >= 15 is 0 Å². The highest BCUT2D eigenvalue weighted by Gasteiger charge is 2.15. The fourth-order valence-corrected chi connectivity index (χ4v) is 1.31. The number of nitrogens with zero attached hydrogens (tertiary/aromatic N) is 3. The third-order valence-corrected chi connectivity index (χ3v) is 2.24. The molecule has 1 aromatic heterocycles. The van der Waals surface area contributed by atoms with Crippen LogP contribution in [0, 0.1) is 0 Å². The maximum atomic E-state index is 12.0. The summed E-state index contributed by atoms with van der Waals surface area (Å²) in [7, 11) is 1.59. The number of carbonyl (C=O) groups is 1. The summed E-state index contributed by atoms with van der Waals surface area (Å²) in [5.41, 5.74) is 2.62. The van der Waals surface area contributed by atoms with E-state index in [1.807, 2.05) is 6.92 Å². The van der Waals surface area contributed by atoms with Crippen molar-refractivity contribution < 1.29 is 9.53 Å². The molecule has 1 rings (SSSR count). The molecule has 17 heavy (non-hydrogen) atoms. The Morgan fingerprint density at radius 1 is 1.59 bits per heavy atom. The number of likely N-dealkylation sites (N-methyl/N-ethyl adjacent to an activating group) is 1. The number of methoxy groups -OCH3 is 1. The topological polar surface area (TPSA) is 93.4 Å². The predicted molar refractivity (Wildman–Crippen MR) is 63.3 cm³/mol. The Morgan fingerprint density at radius 2 is 2.35 bits per heavy atom. The average Bonchev–Trinajstić information content (AvgIpc) is 2.39. The molecule has 0 bridgehead atoms. The van der Waals surface area contributed by atoms with E-state index in [9.17, 15) is 4.79 Å². The second-order valence-electron chi connectivity index (χ2n) is 3.31. The van der Waals surface area contributed by atoms with Gasteiger partial charge in [-0.15, -0.1) is 0 Å². The number of nitrogens with one attached hydrogen (secondary N) is 1. The predicted octanol–water partition coefficient (Wildman–Crippen LogP) is -0.129. The maximum Gasteiger partial charge on any atom is 0.274 e. The molecule has 0 atom stereocenters. The lowest BCUT2D eigenvalue weighted by Crippen LogP contribution is -2.34. The van der Waals surface area contributed by atoms with Crippen LogP contribution in [0.5, 0.6) is 0 Å². The maximum absolute atomic E-state index is 12.0. The van der Waals surface area contributed by atoms with E-state index in [2.05, 4.69) is 15.4 Å². The number of hydrogen-bond donors (Lipinski definition) is 2. The Hall–Kier alpha value is -1.73. The number of aromatic nitrogens is 2.